The van der Waals surface area contributed by atoms with E-state index < -0.39 is 0 Å². The minimum absolute atomic E-state index is 0.0409. The molecule has 1 atom stereocenters. The molecule has 0 amide bonds. The Labute approximate surface area is 150 Å². The maximum Gasteiger partial charge on any atom is 0.0622 e. The molecule has 1 heterocycles. The van der Waals surface area contributed by atoms with Crippen LogP contribution in [0.3, 0.4) is 0 Å². The van der Waals surface area contributed by atoms with E-state index in [0.29, 0.717) is 0 Å². The van der Waals surface area contributed by atoms with Crippen LogP contribution in [0.25, 0.3) is 0 Å². The zero-order valence-electron chi connectivity index (χ0n) is 16.7. The van der Waals surface area contributed by atoms with Gasteiger partial charge in [0.05, 0.1) is 18.8 Å². The molecule has 1 aliphatic heterocycles. The topological polar surface area (TPSA) is 33.7 Å². The number of nitrogens with one attached hydrogen (secondary N) is 1. The standard InChI is InChI=1S/C20H42N2O2/c1-19(9-8-11-20(2,3)23-4)10-13-21-12-6-5-7-14-22-15-17-24-18-16-22/h19,21H,5-18H2,1-4H3. The highest BCUT2D eigenvalue weighted by atomic mass is 16.5. The Hall–Kier alpha value is -0.160. The summed E-state index contributed by atoms with van der Waals surface area (Å²) in [5.74, 6) is 0.812. The summed E-state index contributed by atoms with van der Waals surface area (Å²) < 4.78 is 10.9. The summed E-state index contributed by atoms with van der Waals surface area (Å²) in [4.78, 5) is 2.53. The van der Waals surface area contributed by atoms with E-state index >= 15 is 0 Å². The van der Waals surface area contributed by atoms with Crippen LogP contribution in [0, 0.1) is 5.92 Å². The Morgan fingerprint density at radius 3 is 2.50 bits per heavy atom. The van der Waals surface area contributed by atoms with Gasteiger partial charge in [0.15, 0.2) is 0 Å². The number of hydrogen-bond donors (Lipinski definition) is 1. The molecule has 144 valence electrons. The fraction of sp³-hybridized carbons (Fsp3) is 1.00. The maximum atomic E-state index is 5.48. The van der Waals surface area contributed by atoms with Crippen LogP contribution in [0.1, 0.15) is 65.7 Å². The molecule has 1 saturated heterocycles. The van der Waals surface area contributed by atoms with Crippen LogP contribution < -0.4 is 5.32 Å². The summed E-state index contributed by atoms with van der Waals surface area (Å²) in [6, 6.07) is 0. The molecule has 1 rings (SSSR count). The minimum Gasteiger partial charge on any atom is -0.379 e. The predicted octanol–water partition coefficient (Wildman–Crippen LogP) is 3.70. The van der Waals surface area contributed by atoms with Gasteiger partial charge in [0.25, 0.3) is 0 Å². The second kappa shape index (κ2) is 13.1. The Kier molecular flexibility index (Phi) is 11.9. The highest BCUT2D eigenvalue weighted by Gasteiger charge is 2.16. The van der Waals surface area contributed by atoms with Crippen LogP contribution >= 0.6 is 0 Å². The third-order valence-electron chi connectivity index (χ3n) is 5.27. The highest BCUT2D eigenvalue weighted by molar-refractivity contribution is 4.68. The van der Waals surface area contributed by atoms with Crippen LogP contribution in [0.2, 0.25) is 0 Å². The number of morpholine rings is 1. The van der Waals surface area contributed by atoms with E-state index in [1.54, 1.807) is 0 Å². The van der Waals surface area contributed by atoms with E-state index in [0.717, 1.165) is 45.2 Å². The Bertz CT molecular complexity index is 291. The average Bonchev–Trinajstić information content (AvgIpc) is 2.58. The van der Waals surface area contributed by atoms with Crippen molar-refractivity contribution < 1.29 is 9.47 Å². The van der Waals surface area contributed by atoms with Gasteiger partial charge in [-0.3, -0.25) is 4.90 Å². The van der Waals surface area contributed by atoms with Crippen molar-refractivity contribution in [1.29, 1.82) is 0 Å². The van der Waals surface area contributed by atoms with Crippen molar-refractivity contribution in [3.05, 3.63) is 0 Å². The van der Waals surface area contributed by atoms with Crippen molar-refractivity contribution in [3.8, 4) is 0 Å². The normalized spacial score (nSPS) is 18.0. The molecule has 1 aliphatic rings. The van der Waals surface area contributed by atoms with Gasteiger partial charge in [-0.1, -0.05) is 26.2 Å². The van der Waals surface area contributed by atoms with Gasteiger partial charge >= 0.3 is 0 Å². The van der Waals surface area contributed by atoms with E-state index in [4.69, 9.17) is 9.47 Å². The van der Waals surface area contributed by atoms with Gasteiger partial charge in [-0.2, -0.15) is 0 Å². The quantitative estimate of drug-likeness (QED) is 0.488. The second-order valence-electron chi connectivity index (χ2n) is 8.01. The van der Waals surface area contributed by atoms with Crippen molar-refractivity contribution in [3.63, 3.8) is 0 Å². The Morgan fingerprint density at radius 1 is 1.04 bits per heavy atom. The molecule has 0 aromatic rings. The first-order chi connectivity index (χ1) is 11.5. The van der Waals surface area contributed by atoms with Crippen LogP contribution in [-0.4, -0.2) is 63.5 Å². The van der Waals surface area contributed by atoms with E-state index in [-0.39, 0.29) is 5.60 Å². The van der Waals surface area contributed by atoms with Gasteiger partial charge in [0.2, 0.25) is 0 Å². The molecular weight excluding hydrogens is 300 g/mol. The molecule has 0 aromatic heterocycles. The zero-order chi connectivity index (χ0) is 17.7. The smallest absolute Gasteiger partial charge is 0.0622 e. The van der Waals surface area contributed by atoms with Crippen molar-refractivity contribution in [2.75, 3.05) is 53.0 Å². The van der Waals surface area contributed by atoms with E-state index in [1.807, 2.05) is 7.11 Å². The number of nitrogens with zero attached hydrogens (tertiary/aromatic N) is 1. The van der Waals surface area contributed by atoms with Crippen molar-refractivity contribution in [2.24, 2.45) is 5.92 Å². The van der Waals surface area contributed by atoms with Crippen LogP contribution in [-0.2, 0) is 9.47 Å². The lowest BCUT2D eigenvalue weighted by Crippen LogP contribution is -2.36. The van der Waals surface area contributed by atoms with Crippen molar-refractivity contribution >= 4 is 0 Å². The molecule has 4 nitrogen and oxygen atoms in total. The molecule has 0 radical (unpaired) electrons. The van der Waals surface area contributed by atoms with Gasteiger partial charge < -0.3 is 14.8 Å². The largest absolute Gasteiger partial charge is 0.379 e. The number of methoxy groups -OCH3 is 1. The van der Waals surface area contributed by atoms with Crippen molar-refractivity contribution in [2.45, 2.75) is 71.3 Å². The van der Waals surface area contributed by atoms with E-state index in [2.05, 4.69) is 31.0 Å². The lowest BCUT2D eigenvalue weighted by atomic mass is 9.95. The summed E-state index contributed by atoms with van der Waals surface area (Å²) in [6.07, 6.45) is 9.00. The monoisotopic (exact) mass is 342 g/mol. The summed E-state index contributed by atoms with van der Waals surface area (Å²) in [7, 11) is 1.81. The van der Waals surface area contributed by atoms with Crippen molar-refractivity contribution in [1.82, 2.24) is 10.2 Å². The summed E-state index contributed by atoms with van der Waals surface area (Å²) in [5, 5.41) is 3.61. The fourth-order valence-corrected chi connectivity index (χ4v) is 3.18. The van der Waals surface area contributed by atoms with Gasteiger partial charge in [0.1, 0.15) is 0 Å². The number of ether oxygens (including phenoxy) is 2. The number of rotatable bonds is 14. The second-order valence-corrected chi connectivity index (χ2v) is 8.01. The lowest BCUT2D eigenvalue weighted by molar-refractivity contribution is 0.0127. The number of unbranched alkanes of at least 4 members (excludes halogenated alkanes) is 2. The maximum absolute atomic E-state index is 5.48. The van der Waals surface area contributed by atoms with Crippen LogP contribution in [0.5, 0.6) is 0 Å². The molecular formula is C20H42N2O2. The lowest BCUT2D eigenvalue weighted by Gasteiger charge is -2.26. The molecule has 0 aromatic carbocycles. The first-order valence-corrected chi connectivity index (χ1v) is 10.1. The van der Waals surface area contributed by atoms with Crippen LogP contribution in [0.15, 0.2) is 0 Å². The zero-order valence-corrected chi connectivity index (χ0v) is 16.7. The van der Waals surface area contributed by atoms with E-state index in [1.165, 1.54) is 51.6 Å². The highest BCUT2D eigenvalue weighted by Crippen LogP contribution is 2.20. The SMILES string of the molecule is COC(C)(C)CCCC(C)CCNCCCCCN1CCOCC1. The molecule has 1 unspecified atom stereocenters. The molecule has 1 N–H and O–H groups in total. The first-order valence-electron chi connectivity index (χ1n) is 10.1. The minimum atomic E-state index is 0.0409. The molecule has 0 bridgehead atoms. The van der Waals surface area contributed by atoms with Crippen LogP contribution in [0.4, 0.5) is 0 Å². The summed E-state index contributed by atoms with van der Waals surface area (Å²) in [5.41, 5.74) is 0.0409. The average molecular weight is 343 g/mol. The number of hydrogen-bond acceptors (Lipinski definition) is 4. The molecule has 0 aliphatic carbocycles. The summed E-state index contributed by atoms with van der Waals surface area (Å²) in [6.45, 7) is 14.4. The van der Waals surface area contributed by atoms with Gasteiger partial charge in [-0.25, -0.2) is 0 Å². The molecule has 4 heteroatoms. The van der Waals surface area contributed by atoms with E-state index in [9.17, 15) is 0 Å². The first kappa shape index (κ1) is 21.9. The van der Waals surface area contributed by atoms with Gasteiger partial charge in [-0.05, 0) is 65.1 Å². The molecule has 24 heavy (non-hydrogen) atoms. The Balaban J connectivity index is 1.83. The summed E-state index contributed by atoms with van der Waals surface area (Å²) >= 11 is 0. The van der Waals surface area contributed by atoms with Gasteiger partial charge in [-0.15, -0.1) is 0 Å². The molecule has 1 fully saturated rings. The third kappa shape index (κ3) is 11.4. The Morgan fingerprint density at radius 2 is 1.79 bits per heavy atom. The predicted molar refractivity (Wildman–Crippen MR) is 103 cm³/mol. The molecule has 0 saturated carbocycles. The molecule has 0 spiro atoms. The fourth-order valence-electron chi connectivity index (χ4n) is 3.18. The van der Waals surface area contributed by atoms with Gasteiger partial charge in [0, 0.05) is 20.2 Å². The third-order valence-corrected chi connectivity index (χ3v) is 5.27.